The molecule has 2 amide bonds. The van der Waals surface area contributed by atoms with E-state index in [9.17, 15) is 27.2 Å². The molecular formula is C26H29F4N7O3. The third-order valence-corrected chi connectivity index (χ3v) is 8.19. The van der Waals surface area contributed by atoms with Crippen LogP contribution in [0.5, 0.6) is 0 Å². The van der Waals surface area contributed by atoms with E-state index in [0.29, 0.717) is 22.9 Å². The summed E-state index contributed by atoms with van der Waals surface area (Å²) in [7, 11) is 0. The summed E-state index contributed by atoms with van der Waals surface area (Å²) in [6.45, 7) is 1.57. The van der Waals surface area contributed by atoms with E-state index in [-0.39, 0.29) is 56.1 Å². The first kappa shape index (κ1) is 26.6. The van der Waals surface area contributed by atoms with E-state index in [1.165, 1.54) is 0 Å². The number of nitrogens with zero attached hydrogens (tertiary/aromatic N) is 5. The number of imidazole rings is 1. The molecule has 0 spiro atoms. The topological polar surface area (TPSA) is 127 Å². The minimum Gasteiger partial charge on any atom is -0.347 e. The minimum absolute atomic E-state index is 0.00212. The van der Waals surface area contributed by atoms with Gasteiger partial charge in [0, 0.05) is 44.0 Å². The van der Waals surface area contributed by atoms with Crippen LogP contribution in [-0.4, -0.2) is 48.3 Å². The lowest BCUT2D eigenvalue weighted by atomic mass is 9.81. The Labute approximate surface area is 226 Å². The van der Waals surface area contributed by atoms with Crippen molar-refractivity contribution < 1.29 is 31.8 Å². The predicted molar refractivity (Wildman–Crippen MR) is 130 cm³/mol. The number of carbonyl (C=O) groups is 2. The van der Waals surface area contributed by atoms with Crippen molar-refractivity contribution in [2.45, 2.75) is 82.2 Å². The molecule has 3 saturated carbocycles. The predicted octanol–water partition coefficient (Wildman–Crippen LogP) is 4.33. The van der Waals surface area contributed by atoms with Crippen LogP contribution < -0.4 is 10.6 Å². The highest BCUT2D eigenvalue weighted by atomic mass is 19.3. The van der Waals surface area contributed by atoms with Gasteiger partial charge < -0.3 is 10.6 Å². The van der Waals surface area contributed by atoms with Crippen molar-refractivity contribution in [1.82, 2.24) is 35.3 Å². The highest BCUT2D eigenvalue weighted by molar-refractivity contribution is 5.93. The zero-order valence-electron chi connectivity index (χ0n) is 21.7. The second-order valence-electron chi connectivity index (χ2n) is 11.3. The molecule has 3 heterocycles. The molecule has 0 bridgehead atoms. The summed E-state index contributed by atoms with van der Waals surface area (Å²) in [5.74, 6) is -7.25. The van der Waals surface area contributed by atoms with Gasteiger partial charge in [0.05, 0.1) is 23.5 Å². The van der Waals surface area contributed by atoms with Gasteiger partial charge in [-0.05, 0) is 55.7 Å². The lowest BCUT2D eigenvalue weighted by molar-refractivity contribution is -0.123. The second-order valence-corrected chi connectivity index (χ2v) is 11.3. The molecule has 10 nitrogen and oxygen atoms in total. The van der Waals surface area contributed by atoms with E-state index >= 15 is 0 Å². The van der Waals surface area contributed by atoms with Gasteiger partial charge in [-0.25, -0.2) is 32.2 Å². The van der Waals surface area contributed by atoms with Crippen LogP contribution in [0.3, 0.4) is 0 Å². The molecular weight excluding hydrogens is 534 g/mol. The van der Waals surface area contributed by atoms with Crippen molar-refractivity contribution >= 4 is 17.6 Å². The Morgan fingerprint density at radius 1 is 1.02 bits per heavy atom. The van der Waals surface area contributed by atoms with Crippen LogP contribution in [-0.2, 0) is 4.79 Å². The number of hydrogen-bond acceptors (Lipinski definition) is 7. The molecule has 2 N–H and O–H groups in total. The molecule has 3 fully saturated rings. The van der Waals surface area contributed by atoms with Crippen molar-refractivity contribution in [3.05, 3.63) is 41.2 Å². The Hall–Kier alpha value is -3.58. The number of carbonyl (C=O) groups excluding carboxylic acids is 2. The number of hydrogen-bond donors (Lipinski definition) is 2. The first-order chi connectivity index (χ1) is 19.0. The summed E-state index contributed by atoms with van der Waals surface area (Å²) < 4.78 is 60.8. The van der Waals surface area contributed by atoms with Crippen molar-refractivity contribution in [1.29, 1.82) is 0 Å². The van der Waals surface area contributed by atoms with Gasteiger partial charge in [0.25, 0.3) is 11.8 Å². The van der Waals surface area contributed by atoms with Crippen molar-refractivity contribution in [3.63, 3.8) is 0 Å². The Morgan fingerprint density at radius 2 is 1.68 bits per heavy atom. The Kier molecular flexibility index (Phi) is 6.53. The van der Waals surface area contributed by atoms with Crippen LogP contribution in [0, 0.1) is 24.7 Å². The lowest BCUT2D eigenvalue weighted by Crippen LogP contribution is -2.37. The number of fused-ring (bicyclic) bond motifs is 1. The molecule has 0 aliphatic heterocycles. The summed E-state index contributed by atoms with van der Waals surface area (Å²) in [6.07, 6.45) is 4.49. The van der Waals surface area contributed by atoms with Crippen LogP contribution in [0.2, 0.25) is 0 Å². The summed E-state index contributed by atoms with van der Waals surface area (Å²) >= 11 is 0. The molecule has 6 rings (SSSR count). The molecule has 1 unspecified atom stereocenters. The third-order valence-electron chi connectivity index (χ3n) is 8.19. The van der Waals surface area contributed by atoms with E-state index < -0.39 is 41.7 Å². The van der Waals surface area contributed by atoms with Crippen molar-refractivity contribution in [3.8, 4) is 0 Å². The zero-order valence-corrected chi connectivity index (χ0v) is 21.7. The summed E-state index contributed by atoms with van der Waals surface area (Å²) in [6, 6.07) is 0.625. The molecule has 14 heteroatoms. The molecule has 3 aliphatic rings. The maximum absolute atomic E-state index is 13.9. The maximum Gasteiger partial charge on any atom is 0.276 e. The fourth-order valence-corrected chi connectivity index (χ4v) is 5.51. The third kappa shape index (κ3) is 5.52. The molecule has 3 atom stereocenters. The largest absolute Gasteiger partial charge is 0.347 e. The lowest BCUT2D eigenvalue weighted by Gasteiger charge is -2.33. The Bertz CT molecular complexity index is 1430. The van der Waals surface area contributed by atoms with E-state index in [4.69, 9.17) is 0 Å². The van der Waals surface area contributed by atoms with Crippen LogP contribution in [0.25, 0.3) is 5.78 Å². The second kappa shape index (κ2) is 9.81. The number of halogens is 4. The number of nitrogens with one attached hydrogen (secondary N) is 2. The molecule has 0 aromatic carbocycles. The Balaban J connectivity index is 1.25. The molecule has 214 valence electrons. The summed E-state index contributed by atoms with van der Waals surface area (Å²) in [4.78, 5) is 34.8. The number of rotatable bonds is 9. The zero-order chi connectivity index (χ0) is 28.2. The van der Waals surface area contributed by atoms with E-state index in [1.54, 1.807) is 29.8 Å². The van der Waals surface area contributed by atoms with Crippen molar-refractivity contribution in [2.24, 2.45) is 17.8 Å². The average molecular weight is 564 g/mol. The van der Waals surface area contributed by atoms with Crippen LogP contribution >= 0.6 is 0 Å². The highest BCUT2D eigenvalue weighted by Crippen LogP contribution is 2.51. The monoisotopic (exact) mass is 563 g/mol. The van der Waals surface area contributed by atoms with Gasteiger partial charge in [-0.1, -0.05) is 5.16 Å². The van der Waals surface area contributed by atoms with E-state index in [0.717, 1.165) is 12.8 Å². The average Bonchev–Trinajstić information content (AvgIpc) is 3.72. The molecule has 0 saturated heterocycles. The van der Waals surface area contributed by atoms with Gasteiger partial charge >= 0.3 is 0 Å². The van der Waals surface area contributed by atoms with E-state index in [2.05, 4.69) is 35.5 Å². The van der Waals surface area contributed by atoms with Gasteiger partial charge in [0.15, 0.2) is 5.69 Å². The minimum atomic E-state index is -2.76. The van der Waals surface area contributed by atoms with Gasteiger partial charge in [0.2, 0.25) is 17.6 Å². The van der Waals surface area contributed by atoms with Crippen molar-refractivity contribution in [2.75, 3.05) is 0 Å². The standard InChI is InChI=1S/C26H29F4N7O3/c1-13-20(36-40-35-13)23(39)34-22(15-4-7-25(27,28)8-5-15)18-12-37-9-6-17(31-24(37)32-18)21(14-2-3-14)33-19(38)10-16-11-26(16,29)30/h6,9,12,14-16,21-22H,2-5,7-8,10-11H2,1H3,(H,33,38)(H,34,39)/t16-,21?,22+/m1/s1. The molecule has 3 aromatic rings. The normalized spacial score (nSPS) is 23.5. The maximum atomic E-state index is 13.9. The van der Waals surface area contributed by atoms with Gasteiger partial charge in [0.1, 0.15) is 5.69 Å². The Morgan fingerprint density at radius 3 is 2.30 bits per heavy atom. The highest BCUT2D eigenvalue weighted by Gasteiger charge is 2.57. The quantitative estimate of drug-likeness (QED) is 0.371. The van der Waals surface area contributed by atoms with Crippen LogP contribution in [0.1, 0.15) is 91.0 Å². The SMILES string of the molecule is Cc1nonc1C(=O)N[C@H](c1cn2ccc(C(NC(=O)C[C@@H]3CC3(F)F)C3CC3)nc2n1)C1CCC(F)(F)CC1. The summed E-state index contributed by atoms with van der Waals surface area (Å²) in [5, 5.41) is 13.1. The van der Waals surface area contributed by atoms with Crippen LogP contribution in [0.15, 0.2) is 23.1 Å². The number of aryl methyl sites for hydroxylation is 1. The fourth-order valence-electron chi connectivity index (χ4n) is 5.51. The number of aromatic nitrogens is 5. The van der Waals surface area contributed by atoms with Gasteiger partial charge in [-0.3, -0.25) is 14.0 Å². The summed E-state index contributed by atoms with van der Waals surface area (Å²) in [5.41, 5.74) is 1.31. The number of alkyl halides is 4. The van der Waals surface area contributed by atoms with Crippen LogP contribution in [0.4, 0.5) is 17.6 Å². The molecule has 40 heavy (non-hydrogen) atoms. The fraction of sp³-hybridized carbons (Fsp3) is 0.615. The molecule has 0 radical (unpaired) electrons. The molecule has 3 aliphatic carbocycles. The van der Waals surface area contributed by atoms with E-state index in [1.807, 2.05) is 0 Å². The number of amides is 2. The van der Waals surface area contributed by atoms with Gasteiger partial charge in [-0.2, -0.15) is 0 Å². The van der Waals surface area contributed by atoms with Gasteiger partial charge in [-0.15, -0.1) is 0 Å². The smallest absolute Gasteiger partial charge is 0.276 e. The first-order valence-corrected chi connectivity index (χ1v) is 13.5. The molecule has 3 aromatic heterocycles. The first-order valence-electron chi connectivity index (χ1n) is 13.5.